The number of aliphatic hydroxyl groups excluding tert-OH is 1. The highest BCUT2D eigenvalue weighted by Gasteiger charge is 2.33. The van der Waals surface area contributed by atoms with E-state index >= 15 is 0 Å². The van der Waals surface area contributed by atoms with E-state index in [1.807, 2.05) is 23.1 Å². The van der Waals surface area contributed by atoms with Gasteiger partial charge in [0.25, 0.3) is 10.0 Å². The van der Waals surface area contributed by atoms with Crippen LogP contribution < -0.4 is 9.62 Å². The number of carbonyl (C=O) groups is 1. The van der Waals surface area contributed by atoms with Crippen LogP contribution in [0.2, 0.25) is 0 Å². The normalized spacial score (nSPS) is 23.6. The molecule has 2 aliphatic rings. The molecule has 0 radical (unpaired) electrons. The highest BCUT2D eigenvalue weighted by molar-refractivity contribution is 7.89. The van der Waals surface area contributed by atoms with E-state index in [2.05, 4.69) is 26.7 Å². The zero-order valence-electron chi connectivity index (χ0n) is 18.4. The molecule has 2 aliphatic heterocycles. The minimum Gasteiger partial charge on any atom is -0.394 e. The van der Waals surface area contributed by atoms with Crippen molar-refractivity contribution in [3.05, 3.63) is 55.0 Å². The fourth-order valence-electron chi connectivity index (χ4n) is 4.03. The van der Waals surface area contributed by atoms with Crippen molar-refractivity contribution in [2.24, 2.45) is 7.05 Å². The minimum absolute atomic E-state index is 0.0263. The monoisotopic (exact) mass is 475 g/mol. The number of hydrogen-bond donors (Lipinski definition) is 2. The molecule has 0 aliphatic carbocycles. The van der Waals surface area contributed by atoms with Gasteiger partial charge in [0.1, 0.15) is 6.10 Å². The van der Waals surface area contributed by atoms with Crippen molar-refractivity contribution in [1.82, 2.24) is 19.2 Å². The number of anilines is 1. The molecule has 4 rings (SSSR count). The van der Waals surface area contributed by atoms with Gasteiger partial charge in [-0.05, 0) is 12.1 Å². The second-order valence-corrected chi connectivity index (χ2v) is 9.87. The summed E-state index contributed by atoms with van der Waals surface area (Å²) in [6.45, 7) is 2.38. The predicted octanol–water partition coefficient (Wildman–Crippen LogP) is 0.122. The maximum absolute atomic E-state index is 12.8. The Hall–Kier alpha value is -2.73. The van der Waals surface area contributed by atoms with Crippen molar-refractivity contribution in [3.8, 4) is 0 Å². The second-order valence-electron chi connectivity index (χ2n) is 8.21. The SMILES string of the molecule is Cn1cnc(S(=O)(=O)N[C@H]2C=C[C@@H](CC(=O)N3CCN(c4ccccc4)CC3)O[C@@H]2CO)c1. The third-order valence-corrected chi connectivity index (χ3v) is 7.18. The summed E-state index contributed by atoms with van der Waals surface area (Å²) < 4.78 is 35.0. The highest BCUT2D eigenvalue weighted by Crippen LogP contribution is 2.20. The molecule has 0 saturated carbocycles. The lowest BCUT2D eigenvalue weighted by molar-refractivity contribution is -0.135. The van der Waals surface area contributed by atoms with E-state index in [1.165, 1.54) is 17.1 Å². The van der Waals surface area contributed by atoms with Gasteiger partial charge in [-0.1, -0.05) is 30.4 Å². The van der Waals surface area contributed by atoms with Crippen LogP contribution in [0.5, 0.6) is 0 Å². The van der Waals surface area contributed by atoms with Crippen molar-refractivity contribution in [2.75, 3.05) is 37.7 Å². The van der Waals surface area contributed by atoms with Crippen LogP contribution in [0.4, 0.5) is 5.69 Å². The van der Waals surface area contributed by atoms with Crippen LogP contribution in [-0.2, 0) is 26.6 Å². The summed E-state index contributed by atoms with van der Waals surface area (Å²) in [6, 6.07) is 9.34. The number of sulfonamides is 1. The van der Waals surface area contributed by atoms with Crippen LogP contribution >= 0.6 is 0 Å². The van der Waals surface area contributed by atoms with Crippen LogP contribution in [0.25, 0.3) is 0 Å². The van der Waals surface area contributed by atoms with Crippen LogP contribution in [0.15, 0.2) is 60.0 Å². The molecule has 0 spiro atoms. The standard InChI is InChI=1S/C22H29N5O5S/c1-25-14-21(23-16-25)33(30,31)24-19-8-7-18(32-20(19)15-28)13-22(29)27-11-9-26(10-12-27)17-5-3-2-4-6-17/h2-8,14,16,18-20,24,28H,9-13,15H2,1H3/t18-,19-,20+/m0/s1. The predicted molar refractivity (Wildman–Crippen MR) is 122 cm³/mol. The van der Waals surface area contributed by atoms with Crippen molar-refractivity contribution < 1.29 is 23.1 Å². The lowest BCUT2D eigenvalue weighted by Gasteiger charge is -2.37. The average molecular weight is 476 g/mol. The van der Waals surface area contributed by atoms with Crippen LogP contribution in [-0.4, -0.2) is 84.9 Å². The zero-order chi connectivity index (χ0) is 23.4. The summed E-state index contributed by atoms with van der Waals surface area (Å²) in [5.41, 5.74) is 1.15. The van der Waals surface area contributed by atoms with Crippen LogP contribution in [0.3, 0.4) is 0 Å². The minimum atomic E-state index is -3.87. The van der Waals surface area contributed by atoms with Gasteiger partial charge in [0.15, 0.2) is 5.03 Å². The zero-order valence-corrected chi connectivity index (χ0v) is 19.3. The number of amides is 1. The molecular formula is C22H29N5O5S. The maximum atomic E-state index is 12.8. The third kappa shape index (κ3) is 5.61. The number of piperazine rings is 1. The molecule has 33 heavy (non-hydrogen) atoms. The first kappa shape index (κ1) is 23.4. The summed E-state index contributed by atoms with van der Waals surface area (Å²) >= 11 is 0. The fourth-order valence-corrected chi connectivity index (χ4v) is 5.23. The molecule has 3 atom stereocenters. The molecule has 10 nitrogen and oxygen atoms in total. The first-order valence-electron chi connectivity index (χ1n) is 10.9. The number of ether oxygens (including phenoxy) is 1. The van der Waals surface area contributed by atoms with Crippen molar-refractivity contribution in [1.29, 1.82) is 0 Å². The van der Waals surface area contributed by atoms with E-state index in [-0.39, 0.29) is 24.0 Å². The van der Waals surface area contributed by atoms with Gasteiger partial charge in [-0.2, -0.15) is 0 Å². The van der Waals surface area contributed by atoms with E-state index in [0.29, 0.717) is 13.1 Å². The summed E-state index contributed by atoms with van der Waals surface area (Å²) in [5.74, 6) is -0.0263. The second kappa shape index (κ2) is 10.0. The van der Waals surface area contributed by atoms with Crippen LogP contribution in [0.1, 0.15) is 6.42 Å². The van der Waals surface area contributed by atoms with Gasteiger partial charge < -0.3 is 24.2 Å². The maximum Gasteiger partial charge on any atom is 0.260 e. The molecule has 1 aromatic carbocycles. The quantitative estimate of drug-likeness (QED) is 0.547. The third-order valence-electron chi connectivity index (χ3n) is 5.84. The van der Waals surface area contributed by atoms with E-state index in [4.69, 9.17) is 4.74 Å². The molecule has 1 aromatic heterocycles. The summed E-state index contributed by atoms with van der Waals surface area (Å²) in [5, 5.41) is 9.65. The number of carbonyl (C=O) groups excluding carboxylic acids is 1. The largest absolute Gasteiger partial charge is 0.394 e. The van der Waals surface area contributed by atoms with E-state index in [0.717, 1.165) is 18.8 Å². The average Bonchev–Trinajstić information content (AvgIpc) is 3.28. The Morgan fingerprint density at radius 3 is 2.55 bits per heavy atom. The number of benzene rings is 1. The molecule has 1 fully saturated rings. The first-order chi connectivity index (χ1) is 15.9. The molecule has 0 unspecified atom stereocenters. The number of nitrogens with zero attached hydrogens (tertiary/aromatic N) is 4. The number of aryl methyl sites for hydroxylation is 1. The number of rotatable bonds is 7. The van der Waals surface area contributed by atoms with E-state index in [9.17, 15) is 18.3 Å². The van der Waals surface area contributed by atoms with Gasteiger partial charge in [0.05, 0.1) is 31.5 Å². The summed E-state index contributed by atoms with van der Waals surface area (Å²) in [4.78, 5) is 20.7. The Labute approximate surface area is 193 Å². The number of aliphatic hydroxyl groups is 1. The number of nitrogens with one attached hydrogen (secondary N) is 1. The van der Waals surface area contributed by atoms with Crippen molar-refractivity contribution in [3.63, 3.8) is 0 Å². The smallest absolute Gasteiger partial charge is 0.260 e. The highest BCUT2D eigenvalue weighted by atomic mass is 32.2. The van der Waals surface area contributed by atoms with Gasteiger partial charge in [0, 0.05) is 45.1 Å². The van der Waals surface area contributed by atoms with Gasteiger partial charge in [-0.25, -0.2) is 18.1 Å². The van der Waals surface area contributed by atoms with E-state index < -0.39 is 28.3 Å². The molecule has 1 saturated heterocycles. The molecule has 2 aromatic rings. The van der Waals surface area contributed by atoms with Gasteiger partial charge in [-0.15, -0.1) is 0 Å². The van der Waals surface area contributed by atoms with Gasteiger partial charge >= 0.3 is 0 Å². The van der Waals surface area contributed by atoms with E-state index in [1.54, 1.807) is 19.2 Å². The molecule has 2 N–H and O–H groups in total. The molecule has 0 bridgehead atoms. The number of imidazole rings is 1. The number of para-hydroxylation sites is 1. The molecular weight excluding hydrogens is 446 g/mol. The van der Waals surface area contributed by atoms with Gasteiger partial charge in [0.2, 0.25) is 5.91 Å². The molecule has 11 heteroatoms. The van der Waals surface area contributed by atoms with Gasteiger partial charge in [-0.3, -0.25) is 4.79 Å². The fraction of sp³-hybridized carbons (Fsp3) is 0.455. The van der Waals surface area contributed by atoms with Crippen molar-refractivity contribution in [2.45, 2.75) is 29.7 Å². The molecule has 178 valence electrons. The van der Waals surface area contributed by atoms with Crippen LogP contribution in [0, 0.1) is 0 Å². The first-order valence-corrected chi connectivity index (χ1v) is 12.4. The summed E-state index contributed by atoms with van der Waals surface area (Å²) in [6.07, 6.45) is 4.90. The Morgan fingerprint density at radius 1 is 1.18 bits per heavy atom. The Morgan fingerprint density at radius 2 is 1.91 bits per heavy atom. The lowest BCUT2D eigenvalue weighted by Crippen LogP contribution is -2.51. The lowest BCUT2D eigenvalue weighted by atomic mass is 10.1. The van der Waals surface area contributed by atoms with Crippen molar-refractivity contribution >= 4 is 21.6 Å². The number of hydrogen-bond acceptors (Lipinski definition) is 7. The Balaban J connectivity index is 1.32. The topological polar surface area (TPSA) is 117 Å². The molecule has 3 heterocycles. The summed E-state index contributed by atoms with van der Waals surface area (Å²) in [7, 11) is -2.20. The molecule has 1 amide bonds. The Bertz CT molecular complexity index is 1080. The number of aromatic nitrogens is 2. The Kier molecular flexibility index (Phi) is 7.13.